The molecule has 0 saturated carbocycles. The standard InChI is InChI=1S/C11H7N3O/c15-11-13-9-5-2-1-4-8(9)10-12-6-3-7-14(10)11/h1-7H. The van der Waals surface area contributed by atoms with Gasteiger partial charge < -0.3 is 0 Å². The zero-order valence-electron chi connectivity index (χ0n) is 7.79. The first-order valence-corrected chi connectivity index (χ1v) is 4.58. The van der Waals surface area contributed by atoms with Crippen LogP contribution in [0.5, 0.6) is 0 Å². The van der Waals surface area contributed by atoms with Crippen molar-refractivity contribution >= 4 is 16.6 Å². The van der Waals surface area contributed by atoms with Crippen LogP contribution in [0.25, 0.3) is 16.6 Å². The Morgan fingerprint density at radius 1 is 1.13 bits per heavy atom. The smallest absolute Gasteiger partial charge is 0.251 e. The molecule has 4 heteroatoms. The van der Waals surface area contributed by atoms with Gasteiger partial charge in [-0.15, -0.1) is 0 Å². The van der Waals surface area contributed by atoms with Gasteiger partial charge in [0.05, 0.1) is 5.52 Å². The number of aromatic nitrogens is 3. The van der Waals surface area contributed by atoms with E-state index in [1.165, 1.54) is 4.40 Å². The molecule has 2 heterocycles. The molecule has 0 fully saturated rings. The van der Waals surface area contributed by atoms with Crippen molar-refractivity contribution in [1.29, 1.82) is 0 Å². The minimum Gasteiger partial charge on any atom is -0.251 e. The largest absolute Gasteiger partial charge is 0.353 e. The van der Waals surface area contributed by atoms with Gasteiger partial charge in [0.1, 0.15) is 5.65 Å². The maximum Gasteiger partial charge on any atom is 0.353 e. The summed E-state index contributed by atoms with van der Waals surface area (Å²) in [6.07, 6.45) is 3.34. The zero-order valence-corrected chi connectivity index (χ0v) is 7.79. The second kappa shape index (κ2) is 2.88. The van der Waals surface area contributed by atoms with Crippen LogP contribution in [0.4, 0.5) is 0 Å². The van der Waals surface area contributed by atoms with Gasteiger partial charge in [0, 0.05) is 17.8 Å². The fourth-order valence-corrected chi connectivity index (χ4v) is 1.64. The van der Waals surface area contributed by atoms with Gasteiger partial charge in [0.15, 0.2) is 0 Å². The third-order valence-electron chi connectivity index (χ3n) is 2.31. The maximum atomic E-state index is 11.6. The number of rotatable bonds is 0. The summed E-state index contributed by atoms with van der Waals surface area (Å²) in [7, 11) is 0. The normalized spacial score (nSPS) is 10.9. The lowest BCUT2D eigenvalue weighted by molar-refractivity contribution is 0.992. The fourth-order valence-electron chi connectivity index (χ4n) is 1.64. The van der Waals surface area contributed by atoms with E-state index >= 15 is 0 Å². The predicted molar refractivity (Wildman–Crippen MR) is 56.8 cm³/mol. The van der Waals surface area contributed by atoms with Crippen molar-refractivity contribution in [3.63, 3.8) is 0 Å². The molecule has 0 amide bonds. The van der Waals surface area contributed by atoms with Gasteiger partial charge in [-0.2, -0.15) is 4.98 Å². The van der Waals surface area contributed by atoms with E-state index in [1.54, 1.807) is 18.5 Å². The molecule has 0 spiro atoms. The van der Waals surface area contributed by atoms with Crippen LogP contribution in [0.1, 0.15) is 0 Å². The monoisotopic (exact) mass is 197 g/mol. The summed E-state index contributed by atoms with van der Waals surface area (Å²) in [6, 6.07) is 9.19. The molecule has 0 saturated heterocycles. The molecular formula is C11H7N3O. The topological polar surface area (TPSA) is 47.3 Å². The highest BCUT2D eigenvalue weighted by Gasteiger charge is 2.03. The van der Waals surface area contributed by atoms with Crippen LogP contribution in [-0.4, -0.2) is 14.4 Å². The van der Waals surface area contributed by atoms with Crippen molar-refractivity contribution in [3.05, 3.63) is 53.2 Å². The molecule has 2 aromatic heterocycles. The summed E-state index contributed by atoms with van der Waals surface area (Å²) in [6.45, 7) is 0. The number of benzene rings is 1. The Kier molecular flexibility index (Phi) is 1.56. The first-order chi connectivity index (χ1) is 7.36. The number of nitrogens with zero attached hydrogens (tertiary/aromatic N) is 3. The molecule has 4 nitrogen and oxygen atoms in total. The van der Waals surface area contributed by atoms with Gasteiger partial charge in [0.25, 0.3) is 0 Å². The predicted octanol–water partition coefficient (Wildman–Crippen LogP) is 1.24. The average molecular weight is 197 g/mol. The summed E-state index contributed by atoms with van der Waals surface area (Å²) >= 11 is 0. The molecule has 0 aliphatic heterocycles. The quantitative estimate of drug-likeness (QED) is 0.509. The van der Waals surface area contributed by atoms with E-state index in [0.717, 1.165) is 5.39 Å². The first-order valence-electron chi connectivity index (χ1n) is 4.58. The van der Waals surface area contributed by atoms with Gasteiger partial charge in [-0.05, 0) is 18.2 Å². The summed E-state index contributed by atoms with van der Waals surface area (Å²) < 4.78 is 1.45. The number of hydrogen-bond donors (Lipinski definition) is 0. The van der Waals surface area contributed by atoms with E-state index in [0.29, 0.717) is 11.2 Å². The van der Waals surface area contributed by atoms with Crippen molar-refractivity contribution in [2.24, 2.45) is 0 Å². The average Bonchev–Trinajstić information content (AvgIpc) is 2.30. The first kappa shape index (κ1) is 8.11. The van der Waals surface area contributed by atoms with Crippen LogP contribution in [0.15, 0.2) is 47.5 Å². The van der Waals surface area contributed by atoms with Crippen molar-refractivity contribution in [3.8, 4) is 0 Å². The summed E-state index contributed by atoms with van der Waals surface area (Å²) in [4.78, 5) is 19.8. The van der Waals surface area contributed by atoms with Crippen LogP contribution in [0, 0.1) is 0 Å². The Labute approximate surface area is 84.8 Å². The van der Waals surface area contributed by atoms with Gasteiger partial charge >= 0.3 is 5.69 Å². The molecular weight excluding hydrogens is 190 g/mol. The van der Waals surface area contributed by atoms with Gasteiger partial charge in [-0.3, -0.25) is 4.40 Å². The van der Waals surface area contributed by atoms with E-state index in [9.17, 15) is 4.79 Å². The molecule has 0 aliphatic carbocycles. The molecule has 0 unspecified atom stereocenters. The van der Waals surface area contributed by atoms with Crippen molar-refractivity contribution in [2.75, 3.05) is 0 Å². The summed E-state index contributed by atoms with van der Waals surface area (Å²) in [5, 5.41) is 0.887. The van der Waals surface area contributed by atoms with Crippen molar-refractivity contribution in [1.82, 2.24) is 14.4 Å². The third-order valence-corrected chi connectivity index (χ3v) is 2.31. The van der Waals surface area contributed by atoms with Gasteiger partial charge in [-0.25, -0.2) is 9.78 Å². The molecule has 15 heavy (non-hydrogen) atoms. The zero-order chi connectivity index (χ0) is 10.3. The van der Waals surface area contributed by atoms with Crippen LogP contribution in [-0.2, 0) is 0 Å². The third kappa shape index (κ3) is 1.11. The molecule has 0 radical (unpaired) electrons. The highest BCUT2D eigenvalue weighted by Crippen LogP contribution is 2.12. The number of para-hydroxylation sites is 1. The molecule has 72 valence electrons. The lowest BCUT2D eigenvalue weighted by Gasteiger charge is -2.01. The lowest BCUT2D eigenvalue weighted by atomic mass is 10.2. The summed E-state index contributed by atoms with van der Waals surface area (Å²) in [5.41, 5.74) is 1.03. The number of fused-ring (bicyclic) bond motifs is 3. The van der Waals surface area contributed by atoms with Crippen molar-refractivity contribution < 1.29 is 0 Å². The van der Waals surface area contributed by atoms with E-state index in [1.807, 2.05) is 24.3 Å². The Morgan fingerprint density at radius 2 is 2.00 bits per heavy atom. The minimum absolute atomic E-state index is 0.295. The second-order valence-electron chi connectivity index (χ2n) is 3.22. The fraction of sp³-hybridized carbons (Fsp3) is 0. The molecule has 0 N–H and O–H groups in total. The SMILES string of the molecule is O=c1nc2ccccc2c2ncccn12. The van der Waals surface area contributed by atoms with E-state index in [-0.39, 0.29) is 5.69 Å². The van der Waals surface area contributed by atoms with Gasteiger partial charge in [0.2, 0.25) is 0 Å². The van der Waals surface area contributed by atoms with Gasteiger partial charge in [-0.1, -0.05) is 12.1 Å². The Balaban J connectivity index is 2.70. The van der Waals surface area contributed by atoms with Crippen LogP contribution >= 0.6 is 0 Å². The van der Waals surface area contributed by atoms with Crippen LogP contribution < -0.4 is 5.69 Å². The van der Waals surface area contributed by atoms with Crippen LogP contribution in [0.2, 0.25) is 0 Å². The van der Waals surface area contributed by atoms with Crippen LogP contribution in [0.3, 0.4) is 0 Å². The molecule has 3 aromatic rings. The highest BCUT2D eigenvalue weighted by molar-refractivity contribution is 5.90. The Hall–Kier alpha value is -2.23. The maximum absolute atomic E-state index is 11.6. The molecule has 1 aromatic carbocycles. The minimum atomic E-state index is -0.295. The molecule has 0 aliphatic rings. The summed E-state index contributed by atoms with van der Waals surface area (Å²) in [5.74, 6) is 0. The van der Waals surface area contributed by atoms with E-state index in [4.69, 9.17) is 0 Å². The van der Waals surface area contributed by atoms with Crippen molar-refractivity contribution in [2.45, 2.75) is 0 Å². The Morgan fingerprint density at radius 3 is 2.93 bits per heavy atom. The molecule has 0 atom stereocenters. The lowest BCUT2D eigenvalue weighted by Crippen LogP contribution is -2.17. The highest BCUT2D eigenvalue weighted by atomic mass is 16.1. The Bertz CT molecular complexity index is 703. The molecule has 0 bridgehead atoms. The number of hydrogen-bond acceptors (Lipinski definition) is 3. The van der Waals surface area contributed by atoms with E-state index in [2.05, 4.69) is 9.97 Å². The molecule has 3 rings (SSSR count). The second-order valence-corrected chi connectivity index (χ2v) is 3.22. The van der Waals surface area contributed by atoms with E-state index < -0.39 is 0 Å².